The lowest BCUT2D eigenvalue weighted by molar-refractivity contribution is -0.0240. The summed E-state index contributed by atoms with van der Waals surface area (Å²) in [5.74, 6) is 3.06. The van der Waals surface area contributed by atoms with Crippen LogP contribution < -0.4 is 14.2 Å². The van der Waals surface area contributed by atoms with Crippen molar-refractivity contribution >= 4 is 0 Å². The molecule has 30 heavy (non-hydrogen) atoms. The van der Waals surface area contributed by atoms with Crippen molar-refractivity contribution in [3.8, 4) is 23.3 Å². The fourth-order valence-corrected chi connectivity index (χ4v) is 4.81. The van der Waals surface area contributed by atoms with Crippen molar-refractivity contribution in [2.45, 2.75) is 31.6 Å². The Morgan fingerprint density at radius 2 is 1.70 bits per heavy atom. The van der Waals surface area contributed by atoms with Gasteiger partial charge in [-0.15, -0.1) is 0 Å². The van der Waals surface area contributed by atoms with Gasteiger partial charge in [-0.1, -0.05) is 18.2 Å². The molecule has 0 radical (unpaired) electrons. The van der Waals surface area contributed by atoms with E-state index >= 15 is 0 Å². The molecule has 1 saturated carbocycles. The van der Waals surface area contributed by atoms with Crippen LogP contribution in [0.1, 0.15) is 24.0 Å². The lowest BCUT2D eigenvalue weighted by atomic mass is 9.78. The van der Waals surface area contributed by atoms with Gasteiger partial charge in [0.2, 0.25) is 0 Å². The molecule has 0 spiro atoms. The minimum Gasteiger partial charge on any atom is -0.496 e. The predicted octanol–water partition coefficient (Wildman–Crippen LogP) is 3.23. The van der Waals surface area contributed by atoms with Crippen LogP contribution in [0, 0.1) is 23.2 Å². The fourth-order valence-electron chi connectivity index (χ4n) is 4.81. The second-order valence-electron chi connectivity index (χ2n) is 8.20. The minimum atomic E-state index is -0.486. The summed E-state index contributed by atoms with van der Waals surface area (Å²) in [5.41, 5.74) is 1.68. The van der Waals surface area contributed by atoms with E-state index in [0.717, 1.165) is 43.8 Å². The van der Waals surface area contributed by atoms with Crippen molar-refractivity contribution < 1.29 is 19.3 Å². The van der Waals surface area contributed by atoms with E-state index in [1.807, 2.05) is 36.4 Å². The molecule has 0 amide bonds. The SMILES string of the molecule is COc1cc(C#N)ccc1CN1C[C@H]2C[C@@H](Oc3ccccc3OC)[C@H](O)C[C@H]2C1. The predicted molar refractivity (Wildman–Crippen MR) is 113 cm³/mol. The fraction of sp³-hybridized carbons (Fsp3) is 0.458. The normalized spacial score (nSPS) is 25.9. The third-order valence-electron chi connectivity index (χ3n) is 6.32. The molecule has 1 saturated heterocycles. The number of hydrogen-bond acceptors (Lipinski definition) is 6. The second-order valence-corrected chi connectivity index (χ2v) is 8.20. The molecule has 0 aromatic heterocycles. The molecule has 0 unspecified atom stereocenters. The van der Waals surface area contributed by atoms with Crippen LogP contribution in [0.2, 0.25) is 0 Å². The van der Waals surface area contributed by atoms with Crippen LogP contribution in [0.25, 0.3) is 0 Å². The number of benzene rings is 2. The van der Waals surface area contributed by atoms with E-state index in [1.54, 1.807) is 20.3 Å². The summed E-state index contributed by atoms with van der Waals surface area (Å²) >= 11 is 0. The van der Waals surface area contributed by atoms with Crippen LogP contribution in [0.3, 0.4) is 0 Å². The maximum absolute atomic E-state index is 10.7. The number of likely N-dealkylation sites (tertiary alicyclic amines) is 1. The summed E-state index contributed by atoms with van der Waals surface area (Å²) in [4.78, 5) is 2.41. The summed E-state index contributed by atoms with van der Waals surface area (Å²) in [5, 5.41) is 19.8. The largest absolute Gasteiger partial charge is 0.496 e. The summed E-state index contributed by atoms with van der Waals surface area (Å²) in [6.07, 6.45) is 0.851. The van der Waals surface area contributed by atoms with Gasteiger partial charge >= 0.3 is 0 Å². The van der Waals surface area contributed by atoms with Gasteiger partial charge in [0.15, 0.2) is 11.5 Å². The molecule has 1 aliphatic heterocycles. The third-order valence-corrected chi connectivity index (χ3v) is 6.32. The number of methoxy groups -OCH3 is 2. The smallest absolute Gasteiger partial charge is 0.161 e. The Morgan fingerprint density at radius 1 is 1.00 bits per heavy atom. The second kappa shape index (κ2) is 8.95. The molecule has 158 valence electrons. The number of nitrogens with zero attached hydrogens (tertiary/aromatic N) is 2. The molecule has 1 heterocycles. The number of fused-ring (bicyclic) bond motifs is 1. The van der Waals surface area contributed by atoms with Crippen LogP contribution in [-0.2, 0) is 6.54 Å². The molecule has 2 aliphatic rings. The average Bonchev–Trinajstić information content (AvgIpc) is 3.15. The van der Waals surface area contributed by atoms with Crippen molar-refractivity contribution in [2.75, 3.05) is 27.3 Å². The van der Waals surface area contributed by atoms with E-state index in [-0.39, 0.29) is 6.10 Å². The molecule has 0 bridgehead atoms. The van der Waals surface area contributed by atoms with Gasteiger partial charge in [0, 0.05) is 25.2 Å². The summed E-state index contributed by atoms with van der Waals surface area (Å²) in [7, 11) is 3.27. The molecule has 6 heteroatoms. The van der Waals surface area contributed by atoms with Gasteiger partial charge in [-0.2, -0.15) is 5.26 Å². The minimum absolute atomic E-state index is 0.230. The van der Waals surface area contributed by atoms with Crippen LogP contribution >= 0.6 is 0 Å². The van der Waals surface area contributed by atoms with E-state index in [2.05, 4.69) is 11.0 Å². The van der Waals surface area contributed by atoms with Crippen molar-refractivity contribution in [2.24, 2.45) is 11.8 Å². The van der Waals surface area contributed by atoms with Gasteiger partial charge in [-0.05, 0) is 48.9 Å². The highest BCUT2D eigenvalue weighted by Crippen LogP contribution is 2.40. The highest BCUT2D eigenvalue weighted by molar-refractivity contribution is 5.42. The Balaban J connectivity index is 1.42. The number of nitriles is 1. The Kier molecular flexibility index (Phi) is 6.12. The zero-order valence-electron chi connectivity index (χ0n) is 17.5. The van der Waals surface area contributed by atoms with Crippen LogP contribution in [0.4, 0.5) is 0 Å². The van der Waals surface area contributed by atoms with E-state index in [1.165, 1.54) is 0 Å². The van der Waals surface area contributed by atoms with Gasteiger partial charge in [-0.3, -0.25) is 4.90 Å². The molecule has 6 nitrogen and oxygen atoms in total. The van der Waals surface area contributed by atoms with Gasteiger partial charge in [-0.25, -0.2) is 0 Å². The first-order valence-electron chi connectivity index (χ1n) is 10.4. The number of ether oxygens (including phenoxy) is 3. The number of aliphatic hydroxyl groups is 1. The number of hydrogen-bond donors (Lipinski definition) is 1. The maximum Gasteiger partial charge on any atom is 0.161 e. The molecule has 4 atom stereocenters. The first kappa shape index (κ1) is 20.5. The van der Waals surface area contributed by atoms with Gasteiger partial charge in [0.25, 0.3) is 0 Å². The molecular formula is C24H28N2O4. The number of rotatable bonds is 6. The maximum atomic E-state index is 10.7. The Bertz CT molecular complexity index is 926. The van der Waals surface area contributed by atoms with Crippen LogP contribution in [0.5, 0.6) is 17.2 Å². The first-order valence-corrected chi connectivity index (χ1v) is 10.4. The molecule has 1 aliphatic carbocycles. The van der Waals surface area contributed by atoms with E-state index in [4.69, 9.17) is 19.5 Å². The highest BCUT2D eigenvalue weighted by atomic mass is 16.5. The van der Waals surface area contributed by atoms with Gasteiger partial charge < -0.3 is 19.3 Å². The third kappa shape index (κ3) is 4.23. The lowest BCUT2D eigenvalue weighted by Gasteiger charge is -2.35. The van der Waals surface area contributed by atoms with E-state index in [0.29, 0.717) is 28.9 Å². The standard InChI is InChI=1S/C24H28N2O4/c1-28-21-5-3-4-6-22(21)30-24-11-19-15-26(14-18(19)10-20(24)27)13-17-8-7-16(12-25)9-23(17)29-2/h3-9,18-20,24,27H,10-11,13-15H2,1-2H3/t18-,19+,20+,24+/m0/s1. The first-order chi connectivity index (χ1) is 14.6. The summed E-state index contributed by atoms with van der Waals surface area (Å²) in [6, 6.07) is 15.3. The Morgan fingerprint density at radius 3 is 2.40 bits per heavy atom. The molecule has 2 fully saturated rings. The Labute approximate surface area is 177 Å². The zero-order valence-corrected chi connectivity index (χ0v) is 17.5. The molecule has 4 rings (SSSR count). The van der Waals surface area contributed by atoms with Gasteiger partial charge in [0.05, 0.1) is 32.0 Å². The topological polar surface area (TPSA) is 75.0 Å². The number of aliphatic hydroxyl groups excluding tert-OH is 1. The Hall–Kier alpha value is -2.75. The average molecular weight is 408 g/mol. The summed E-state index contributed by atoms with van der Waals surface area (Å²) in [6.45, 7) is 2.69. The molecule has 2 aromatic carbocycles. The summed E-state index contributed by atoms with van der Waals surface area (Å²) < 4.78 is 17.0. The molecule has 2 aromatic rings. The lowest BCUT2D eigenvalue weighted by Crippen LogP contribution is -2.42. The van der Waals surface area contributed by atoms with Crippen LogP contribution in [-0.4, -0.2) is 49.5 Å². The molecule has 1 N–H and O–H groups in total. The van der Waals surface area contributed by atoms with Crippen molar-refractivity contribution in [3.63, 3.8) is 0 Å². The van der Waals surface area contributed by atoms with E-state index in [9.17, 15) is 5.11 Å². The van der Waals surface area contributed by atoms with Crippen molar-refractivity contribution in [3.05, 3.63) is 53.6 Å². The number of para-hydroxylation sites is 2. The molecular weight excluding hydrogens is 380 g/mol. The van der Waals surface area contributed by atoms with Crippen LogP contribution in [0.15, 0.2) is 42.5 Å². The quantitative estimate of drug-likeness (QED) is 0.791. The highest BCUT2D eigenvalue weighted by Gasteiger charge is 2.42. The van der Waals surface area contributed by atoms with Crippen molar-refractivity contribution in [1.29, 1.82) is 5.26 Å². The van der Waals surface area contributed by atoms with E-state index < -0.39 is 6.10 Å². The van der Waals surface area contributed by atoms with Crippen molar-refractivity contribution in [1.82, 2.24) is 4.90 Å². The monoisotopic (exact) mass is 408 g/mol. The zero-order chi connectivity index (χ0) is 21.1. The van der Waals surface area contributed by atoms with Gasteiger partial charge in [0.1, 0.15) is 11.9 Å².